The summed E-state index contributed by atoms with van der Waals surface area (Å²) in [6.45, 7) is 2.30. The van der Waals surface area contributed by atoms with Crippen LogP contribution in [0.15, 0.2) is 93.2 Å². The molecule has 0 aliphatic carbocycles. The van der Waals surface area contributed by atoms with Crippen molar-refractivity contribution in [2.24, 2.45) is 5.10 Å². The third-order valence-corrected chi connectivity index (χ3v) is 7.55. The number of nitrogens with zero attached hydrogens (tertiary/aromatic N) is 3. The topological polar surface area (TPSA) is 65.7 Å². The lowest BCUT2D eigenvalue weighted by Crippen LogP contribution is -2.20. The number of alkyl halides is 3. The molecule has 0 saturated heterocycles. The fourth-order valence-corrected chi connectivity index (χ4v) is 5.09. The lowest BCUT2D eigenvalue weighted by molar-refractivity contribution is -0.137. The van der Waals surface area contributed by atoms with Crippen molar-refractivity contribution < 1.29 is 22.6 Å². The molecule has 0 bridgehead atoms. The van der Waals surface area contributed by atoms with E-state index in [4.69, 9.17) is 32.7 Å². The first-order chi connectivity index (χ1) is 20.5. The van der Waals surface area contributed by atoms with Crippen LogP contribution in [0.25, 0.3) is 22.3 Å². The highest BCUT2D eigenvalue weighted by atomic mass is 79.9. The van der Waals surface area contributed by atoms with Crippen molar-refractivity contribution in [3.8, 4) is 22.9 Å². The summed E-state index contributed by atoms with van der Waals surface area (Å²) in [5.41, 5.74) is 0.218. The number of hydrogen-bond acceptors (Lipinski definition) is 5. The molecule has 0 aliphatic rings. The van der Waals surface area contributed by atoms with Crippen molar-refractivity contribution in [3.63, 3.8) is 0 Å². The van der Waals surface area contributed by atoms with Crippen LogP contribution in [0.3, 0.4) is 0 Å². The summed E-state index contributed by atoms with van der Waals surface area (Å²) in [5, 5.41) is 5.60. The van der Waals surface area contributed by atoms with Gasteiger partial charge in [0.15, 0.2) is 17.3 Å². The highest BCUT2D eigenvalue weighted by Crippen LogP contribution is 2.35. The Bertz CT molecular complexity index is 1910. The summed E-state index contributed by atoms with van der Waals surface area (Å²) >= 11 is 15.8. The third-order valence-electron chi connectivity index (χ3n) is 6.28. The molecule has 0 amide bonds. The fourth-order valence-electron chi connectivity index (χ4n) is 4.20. The van der Waals surface area contributed by atoms with Gasteiger partial charge in [0.25, 0.3) is 5.56 Å². The van der Waals surface area contributed by atoms with Crippen molar-refractivity contribution in [1.29, 1.82) is 0 Å². The molecule has 0 spiro atoms. The third kappa shape index (κ3) is 6.87. The van der Waals surface area contributed by atoms with Gasteiger partial charge in [-0.05, 0) is 71.4 Å². The van der Waals surface area contributed by atoms with Crippen LogP contribution >= 0.6 is 39.1 Å². The molecule has 0 saturated carbocycles. The average molecular weight is 691 g/mol. The second-order valence-corrected chi connectivity index (χ2v) is 10.9. The quantitative estimate of drug-likeness (QED) is 0.153. The number of hydrogen-bond donors (Lipinski definition) is 0. The Balaban J connectivity index is 1.56. The molecular formula is C31H21BrCl2F3N3O3. The van der Waals surface area contributed by atoms with Crippen LogP contribution in [-0.2, 0) is 12.8 Å². The zero-order valence-corrected chi connectivity index (χ0v) is 25.4. The minimum Gasteiger partial charge on any atom is -0.490 e. The minimum atomic E-state index is -4.58. The van der Waals surface area contributed by atoms with E-state index in [2.05, 4.69) is 26.0 Å². The van der Waals surface area contributed by atoms with Gasteiger partial charge >= 0.3 is 6.18 Å². The second kappa shape index (κ2) is 12.8. The molecule has 0 aliphatic heterocycles. The smallest absolute Gasteiger partial charge is 0.416 e. The Morgan fingerprint density at radius 1 is 0.977 bits per heavy atom. The Kier molecular flexibility index (Phi) is 9.10. The van der Waals surface area contributed by atoms with Crippen LogP contribution in [0, 0.1) is 0 Å². The van der Waals surface area contributed by atoms with E-state index in [1.165, 1.54) is 18.3 Å². The van der Waals surface area contributed by atoms with Gasteiger partial charge in [-0.2, -0.15) is 22.9 Å². The maximum atomic E-state index is 13.5. The molecule has 43 heavy (non-hydrogen) atoms. The van der Waals surface area contributed by atoms with E-state index in [1.54, 1.807) is 54.6 Å². The molecule has 0 fully saturated rings. The number of benzene rings is 4. The molecular weight excluding hydrogens is 670 g/mol. The Morgan fingerprint density at radius 3 is 2.49 bits per heavy atom. The number of fused-ring (bicyclic) bond motifs is 1. The summed E-state index contributed by atoms with van der Waals surface area (Å²) in [5.74, 6) is 0.775. The SMILES string of the molecule is CCOc1cc(C=Nn2c(-c3cccc(C(F)(F)F)c3)nc3ccccc3c2=O)c(Br)cc1OCc1ccc(Cl)cc1Cl. The number of para-hydroxylation sites is 1. The van der Waals surface area contributed by atoms with Crippen LogP contribution < -0.4 is 15.0 Å². The zero-order chi connectivity index (χ0) is 30.7. The zero-order valence-electron chi connectivity index (χ0n) is 22.3. The van der Waals surface area contributed by atoms with Crippen LogP contribution in [-0.4, -0.2) is 22.5 Å². The summed E-state index contributed by atoms with van der Waals surface area (Å²) in [4.78, 5) is 18.0. The minimum absolute atomic E-state index is 0.0491. The van der Waals surface area contributed by atoms with Gasteiger partial charge in [0.05, 0.1) is 29.3 Å². The van der Waals surface area contributed by atoms with Gasteiger partial charge in [-0.15, -0.1) is 0 Å². The highest BCUT2D eigenvalue weighted by molar-refractivity contribution is 9.10. The second-order valence-electron chi connectivity index (χ2n) is 9.17. The predicted molar refractivity (Wildman–Crippen MR) is 166 cm³/mol. The average Bonchev–Trinajstić information content (AvgIpc) is 2.97. The molecule has 6 nitrogen and oxygen atoms in total. The Morgan fingerprint density at radius 2 is 1.74 bits per heavy atom. The fraction of sp³-hybridized carbons (Fsp3) is 0.129. The van der Waals surface area contributed by atoms with Crippen molar-refractivity contribution in [2.45, 2.75) is 19.7 Å². The van der Waals surface area contributed by atoms with Gasteiger partial charge in [-0.1, -0.05) is 53.5 Å². The first-order valence-corrected chi connectivity index (χ1v) is 14.4. The summed E-state index contributed by atoms with van der Waals surface area (Å²) in [6, 6.07) is 19.6. The molecule has 1 heterocycles. The summed E-state index contributed by atoms with van der Waals surface area (Å²) < 4.78 is 53.8. The number of halogens is 6. The van der Waals surface area contributed by atoms with Crippen LogP contribution in [0.1, 0.15) is 23.6 Å². The number of ether oxygens (including phenoxy) is 2. The van der Waals surface area contributed by atoms with Crippen molar-refractivity contribution >= 4 is 56.2 Å². The molecule has 0 atom stereocenters. The van der Waals surface area contributed by atoms with Crippen molar-refractivity contribution in [3.05, 3.63) is 120 Å². The molecule has 220 valence electrons. The molecule has 5 aromatic rings. The maximum Gasteiger partial charge on any atom is 0.416 e. The van der Waals surface area contributed by atoms with Gasteiger partial charge < -0.3 is 9.47 Å². The summed E-state index contributed by atoms with van der Waals surface area (Å²) in [7, 11) is 0. The molecule has 5 rings (SSSR count). The van der Waals surface area contributed by atoms with E-state index >= 15 is 0 Å². The number of aromatic nitrogens is 2. The largest absolute Gasteiger partial charge is 0.490 e. The van der Waals surface area contributed by atoms with E-state index in [0.29, 0.717) is 43.7 Å². The maximum absolute atomic E-state index is 13.5. The molecule has 0 unspecified atom stereocenters. The van der Waals surface area contributed by atoms with E-state index in [1.807, 2.05) is 6.92 Å². The van der Waals surface area contributed by atoms with Crippen molar-refractivity contribution in [2.75, 3.05) is 6.61 Å². The first kappa shape index (κ1) is 30.6. The van der Waals surface area contributed by atoms with Crippen LogP contribution in [0.2, 0.25) is 10.0 Å². The molecule has 0 N–H and O–H groups in total. The van der Waals surface area contributed by atoms with Gasteiger partial charge in [-0.3, -0.25) is 4.79 Å². The highest BCUT2D eigenvalue weighted by Gasteiger charge is 2.31. The van der Waals surface area contributed by atoms with Gasteiger partial charge in [0, 0.05) is 31.2 Å². The van der Waals surface area contributed by atoms with Crippen LogP contribution in [0.4, 0.5) is 13.2 Å². The summed E-state index contributed by atoms with van der Waals surface area (Å²) in [6.07, 6.45) is -3.19. The molecule has 12 heteroatoms. The molecule has 1 aromatic heterocycles. The van der Waals surface area contributed by atoms with Gasteiger partial charge in [0.1, 0.15) is 6.61 Å². The number of rotatable bonds is 8. The monoisotopic (exact) mass is 689 g/mol. The molecule has 0 radical (unpaired) electrons. The Hall–Kier alpha value is -3.86. The lowest BCUT2D eigenvalue weighted by Gasteiger charge is -2.15. The van der Waals surface area contributed by atoms with Crippen molar-refractivity contribution in [1.82, 2.24) is 9.66 Å². The first-order valence-electron chi connectivity index (χ1n) is 12.8. The standard InChI is InChI=1S/C31H21BrCl2F3N3O3/c1-2-42-27-13-20(24(32)15-28(27)43-17-19-10-11-22(33)14-25(19)34)16-38-40-29(18-6-5-7-21(12-18)31(35,36)37)39-26-9-4-3-8-23(26)30(40)41/h3-16H,2,17H2,1H3. The molecule has 4 aromatic carbocycles. The van der Waals surface area contributed by atoms with E-state index in [-0.39, 0.29) is 23.4 Å². The van der Waals surface area contributed by atoms with Crippen LogP contribution in [0.5, 0.6) is 11.5 Å². The predicted octanol–water partition coefficient (Wildman–Crippen LogP) is 9.01. The normalized spacial score (nSPS) is 11.8. The Labute approximate surface area is 262 Å². The van der Waals surface area contributed by atoms with E-state index in [9.17, 15) is 18.0 Å². The lowest BCUT2D eigenvalue weighted by atomic mass is 10.1. The van der Waals surface area contributed by atoms with E-state index in [0.717, 1.165) is 22.4 Å². The van der Waals surface area contributed by atoms with Gasteiger partial charge in [-0.25, -0.2) is 4.98 Å². The van der Waals surface area contributed by atoms with E-state index < -0.39 is 17.3 Å². The van der Waals surface area contributed by atoms with Gasteiger partial charge in [0.2, 0.25) is 0 Å².